The van der Waals surface area contributed by atoms with E-state index in [9.17, 15) is 9.59 Å². The Labute approximate surface area is 176 Å². The summed E-state index contributed by atoms with van der Waals surface area (Å²) in [5.74, 6) is 0.973. The van der Waals surface area contributed by atoms with Gasteiger partial charge in [-0.05, 0) is 42.7 Å². The van der Waals surface area contributed by atoms with E-state index in [4.69, 9.17) is 9.47 Å². The molecule has 0 unspecified atom stereocenters. The number of anilines is 1. The van der Waals surface area contributed by atoms with Crippen molar-refractivity contribution in [2.75, 3.05) is 26.2 Å². The second kappa shape index (κ2) is 8.61. The summed E-state index contributed by atoms with van der Waals surface area (Å²) in [6.07, 6.45) is 1.66. The van der Waals surface area contributed by atoms with Crippen molar-refractivity contribution in [2.45, 2.75) is 27.3 Å². The molecule has 0 saturated heterocycles. The van der Waals surface area contributed by atoms with E-state index in [1.165, 1.54) is 14.2 Å². The second-order valence-corrected chi connectivity index (χ2v) is 7.85. The lowest BCUT2D eigenvalue weighted by atomic mass is 10.0. The lowest BCUT2D eigenvalue weighted by Crippen LogP contribution is -2.30. The van der Waals surface area contributed by atoms with Crippen molar-refractivity contribution in [3.05, 3.63) is 64.1 Å². The summed E-state index contributed by atoms with van der Waals surface area (Å²) in [5.41, 5.74) is 2.13. The molecule has 3 rings (SSSR count). The SMILES string of the molecule is COc1cc2c(C(=O)N(C)c3cccc(C)c3)cn(CC(C)C)c(=O)c2cc1OC. The minimum absolute atomic E-state index is 0.158. The number of fused-ring (bicyclic) bond motifs is 1. The van der Waals surface area contributed by atoms with Gasteiger partial charge in [0.1, 0.15) is 0 Å². The van der Waals surface area contributed by atoms with Crippen LogP contribution in [0, 0.1) is 12.8 Å². The molecule has 0 bridgehead atoms. The largest absolute Gasteiger partial charge is 0.493 e. The molecule has 0 aliphatic rings. The number of nitrogens with zero attached hydrogens (tertiary/aromatic N) is 2. The Morgan fingerprint density at radius 2 is 1.70 bits per heavy atom. The van der Waals surface area contributed by atoms with Gasteiger partial charge in [-0.25, -0.2) is 0 Å². The second-order valence-electron chi connectivity index (χ2n) is 7.85. The van der Waals surface area contributed by atoms with Crippen LogP contribution in [-0.4, -0.2) is 31.7 Å². The first kappa shape index (κ1) is 21.4. The number of rotatable bonds is 6. The number of carbonyl (C=O) groups excluding carboxylic acids is 1. The third kappa shape index (κ3) is 4.03. The fraction of sp³-hybridized carbons (Fsp3) is 0.333. The minimum atomic E-state index is -0.199. The number of aryl methyl sites for hydroxylation is 1. The van der Waals surface area contributed by atoms with Crippen molar-refractivity contribution in [3.8, 4) is 11.5 Å². The van der Waals surface area contributed by atoms with E-state index >= 15 is 0 Å². The maximum Gasteiger partial charge on any atom is 0.260 e. The molecule has 6 nitrogen and oxygen atoms in total. The van der Waals surface area contributed by atoms with Crippen molar-refractivity contribution in [3.63, 3.8) is 0 Å². The molecule has 6 heteroatoms. The number of hydrogen-bond acceptors (Lipinski definition) is 4. The number of amides is 1. The molecule has 0 spiro atoms. The molecule has 0 atom stereocenters. The van der Waals surface area contributed by atoms with Gasteiger partial charge in [0.05, 0.1) is 25.2 Å². The molecule has 0 radical (unpaired) electrons. The first-order valence-electron chi connectivity index (χ1n) is 9.90. The van der Waals surface area contributed by atoms with Gasteiger partial charge >= 0.3 is 0 Å². The summed E-state index contributed by atoms with van der Waals surface area (Å²) in [4.78, 5) is 28.2. The first-order chi connectivity index (χ1) is 14.3. The molecule has 1 heterocycles. The van der Waals surface area contributed by atoms with Gasteiger partial charge in [-0.3, -0.25) is 9.59 Å². The zero-order chi connectivity index (χ0) is 22.0. The van der Waals surface area contributed by atoms with Crippen LogP contribution in [0.15, 0.2) is 47.4 Å². The van der Waals surface area contributed by atoms with Crippen LogP contribution in [-0.2, 0) is 6.54 Å². The van der Waals surface area contributed by atoms with Gasteiger partial charge in [-0.15, -0.1) is 0 Å². The van der Waals surface area contributed by atoms with Crippen molar-refractivity contribution < 1.29 is 14.3 Å². The monoisotopic (exact) mass is 408 g/mol. The molecule has 0 saturated carbocycles. The van der Waals surface area contributed by atoms with Gasteiger partial charge in [0.15, 0.2) is 11.5 Å². The van der Waals surface area contributed by atoms with Gasteiger partial charge in [-0.2, -0.15) is 0 Å². The molecule has 3 aromatic rings. The number of benzene rings is 2. The van der Waals surface area contributed by atoms with Crippen LogP contribution in [0.25, 0.3) is 10.8 Å². The topological polar surface area (TPSA) is 60.8 Å². The Bertz CT molecular complexity index is 1150. The van der Waals surface area contributed by atoms with Crippen molar-refractivity contribution in [1.82, 2.24) is 4.57 Å². The van der Waals surface area contributed by atoms with Gasteiger partial charge < -0.3 is 18.9 Å². The Morgan fingerprint density at radius 3 is 2.27 bits per heavy atom. The van der Waals surface area contributed by atoms with Gasteiger partial charge in [0, 0.05) is 30.9 Å². The van der Waals surface area contributed by atoms with Gasteiger partial charge in [-0.1, -0.05) is 26.0 Å². The average Bonchev–Trinajstić information content (AvgIpc) is 2.73. The highest BCUT2D eigenvalue weighted by Gasteiger charge is 2.22. The van der Waals surface area contributed by atoms with Crippen molar-refractivity contribution >= 4 is 22.4 Å². The molecular weight excluding hydrogens is 380 g/mol. The normalized spacial score (nSPS) is 11.0. The van der Waals surface area contributed by atoms with Crippen LogP contribution in [0.1, 0.15) is 29.8 Å². The Kier molecular flexibility index (Phi) is 6.15. The fourth-order valence-corrected chi connectivity index (χ4v) is 3.55. The van der Waals surface area contributed by atoms with Gasteiger partial charge in [0.2, 0.25) is 0 Å². The predicted molar refractivity (Wildman–Crippen MR) is 120 cm³/mol. The summed E-state index contributed by atoms with van der Waals surface area (Å²) in [5, 5.41) is 0.971. The third-order valence-corrected chi connectivity index (χ3v) is 5.08. The van der Waals surface area contributed by atoms with Crippen LogP contribution < -0.4 is 19.9 Å². The number of ether oxygens (including phenoxy) is 2. The third-order valence-electron chi connectivity index (χ3n) is 5.08. The van der Waals surface area contributed by atoms with Crippen LogP contribution in [0.5, 0.6) is 11.5 Å². The van der Waals surface area contributed by atoms with Crippen LogP contribution >= 0.6 is 0 Å². The number of carbonyl (C=O) groups is 1. The molecule has 2 aromatic carbocycles. The number of pyridine rings is 1. The number of aromatic nitrogens is 1. The zero-order valence-corrected chi connectivity index (χ0v) is 18.4. The van der Waals surface area contributed by atoms with Crippen molar-refractivity contribution in [1.29, 1.82) is 0 Å². The Morgan fingerprint density at radius 1 is 1.07 bits per heavy atom. The zero-order valence-electron chi connectivity index (χ0n) is 18.4. The molecule has 1 amide bonds. The van der Waals surface area contributed by atoms with Crippen LogP contribution in [0.2, 0.25) is 0 Å². The molecule has 0 fully saturated rings. The minimum Gasteiger partial charge on any atom is -0.493 e. The number of methoxy groups -OCH3 is 2. The molecule has 1 aromatic heterocycles. The van der Waals surface area contributed by atoms with E-state index in [0.29, 0.717) is 34.4 Å². The van der Waals surface area contributed by atoms with E-state index in [1.54, 1.807) is 34.8 Å². The van der Waals surface area contributed by atoms with E-state index < -0.39 is 0 Å². The summed E-state index contributed by atoms with van der Waals surface area (Å²) >= 11 is 0. The lowest BCUT2D eigenvalue weighted by Gasteiger charge is -2.21. The van der Waals surface area contributed by atoms with E-state index in [-0.39, 0.29) is 17.4 Å². The summed E-state index contributed by atoms with van der Waals surface area (Å²) in [6, 6.07) is 11.1. The van der Waals surface area contributed by atoms with E-state index in [2.05, 4.69) is 0 Å². The van der Waals surface area contributed by atoms with E-state index in [0.717, 1.165) is 11.3 Å². The molecular formula is C24H28N2O4. The molecule has 0 aliphatic heterocycles. The Balaban J connectivity index is 2.26. The molecule has 158 valence electrons. The molecule has 30 heavy (non-hydrogen) atoms. The number of hydrogen-bond donors (Lipinski definition) is 0. The summed E-state index contributed by atoms with van der Waals surface area (Å²) in [6.45, 7) is 6.56. The molecule has 0 aliphatic carbocycles. The lowest BCUT2D eigenvalue weighted by molar-refractivity contribution is 0.0993. The fourth-order valence-electron chi connectivity index (χ4n) is 3.55. The highest BCUT2D eigenvalue weighted by Crippen LogP contribution is 2.33. The highest BCUT2D eigenvalue weighted by molar-refractivity contribution is 6.14. The van der Waals surface area contributed by atoms with Crippen LogP contribution in [0.4, 0.5) is 5.69 Å². The Hall–Kier alpha value is -3.28. The van der Waals surface area contributed by atoms with E-state index in [1.807, 2.05) is 45.0 Å². The molecule has 0 N–H and O–H groups in total. The summed E-state index contributed by atoms with van der Waals surface area (Å²) in [7, 11) is 4.79. The standard InChI is InChI=1S/C24H28N2O4/c1-15(2)13-26-14-20(23(27)25(4)17-9-7-8-16(3)10-17)18-11-21(29-5)22(30-6)12-19(18)24(26)28/h7-12,14-15H,13H2,1-6H3. The first-order valence-corrected chi connectivity index (χ1v) is 9.90. The van der Waals surface area contributed by atoms with Gasteiger partial charge in [0.25, 0.3) is 11.5 Å². The maximum atomic E-state index is 13.5. The van der Waals surface area contributed by atoms with Crippen molar-refractivity contribution in [2.24, 2.45) is 5.92 Å². The quantitative estimate of drug-likeness (QED) is 0.611. The van der Waals surface area contributed by atoms with Crippen LogP contribution in [0.3, 0.4) is 0 Å². The predicted octanol–water partition coefficient (Wildman–Crippen LogP) is 4.26. The summed E-state index contributed by atoms with van der Waals surface area (Å²) < 4.78 is 12.4. The highest BCUT2D eigenvalue weighted by atomic mass is 16.5. The average molecular weight is 408 g/mol. The maximum absolute atomic E-state index is 13.5. The smallest absolute Gasteiger partial charge is 0.260 e.